The third-order valence-corrected chi connectivity index (χ3v) is 3.01. The van der Waals surface area contributed by atoms with Gasteiger partial charge in [0.05, 0.1) is 0 Å². The Bertz CT molecular complexity index is 299. The van der Waals surface area contributed by atoms with E-state index in [0.29, 0.717) is 5.92 Å². The normalized spacial score (nSPS) is 26.5. The quantitative estimate of drug-likeness (QED) is 0.630. The summed E-state index contributed by atoms with van der Waals surface area (Å²) in [4.78, 5) is 10.6. The largest absolute Gasteiger partial charge is 0.303 e. The first-order valence-corrected chi connectivity index (χ1v) is 4.83. The van der Waals surface area contributed by atoms with Crippen LogP contribution in [-0.4, -0.2) is 6.29 Å². The summed E-state index contributed by atoms with van der Waals surface area (Å²) >= 11 is 0. The van der Waals surface area contributed by atoms with Gasteiger partial charge in [0.1, 0.15) is 6.29 Å². The molecule has 0 aliphatic heterocycles. The van der Waals surface area contributed by atoms with Crippen molar-refractivity contribution in [1.82, 2.24) is 0 Å². The third kappa shape index (κ3) is 1.51. The molecule has 0 spiro atoms. The third-order valence-electron chi connectivity index (χ3n) is 3.01. The van der Waals surface area contributed by atoms with Gasteiger partial charge in [-0.25, -0.2) is 0 Å². The first kappa shape index (κ1) is 8.49. The summed E-state index contributed by atoms with van der Waals surface area (Å²) < 4.78 is 0. The minimum atomic E-state index is 0.280. The predicted octanol–water partition coefficient (Wildman–Crippen LogP) is 2.69. The van der Waals surface area contributed by atoms with Crippen LogP contribution in [0.5, 0.6) is 0 Å². The minimum absolute atomic E-state index is 0.280. The van der Waals surface area contributed by atoms with Crippen LogP contribution in [0.15, 0.2) is 24.3 Å². The lowest BCUT2D eigenvalue weighted by Crippen LogP contribution is -2.24. The van der Waals surface area contributed by atoms with Crippen molar-refractivity contribution in [2.24, 2.45) is 5.92 Å². The lowest BCUT2D eigenvalue weighted by atomic mass is 9.71. The average molecular weight is 174 g/mol. The molecule has 1 aliphatic rings. The zero-order valence-electron chi connectivity index (χ0n) is 7.86. The van der Waals surface area contributed by atoms with Gasteiger partial charge < -0.3 is 4.79 Å². The molecule has 0 bridgehead atoms. The number of aldehydes is 1. The van der Waals surface area contributed by atoms with Gasteiger partial charge in [-0.1, -0.05) is 29.8 Å². The van der Waals surface area contributed by atoms with Crippen LogP contribution >= 0.6 is 0 Å². The molecule has 0 aromatic heterocycles. The van der Waals surface area contributed by atoms with E-state index in [4.69, 9.17) is 0 Å². The van der Waals surface area contributed by atoms with Crippen LogP contribution in [0.1, 0.15) is 29.9 Å². The molecule has 2 rings (SSSR count). The lowest BCUT2D eigenvalue weighted by Gasteiger charge is -2.32. The summed E-state index contributed by atoms with van der Waals surface area (Å²) in [5, 5.41) is 0. The highest BCUT2D eigenvalue weighted by Crippen LogP contribution is 2.40. The van der Waals surface area contributed by atoms with Crippen molar-refractivity contribution in [2.75, 3.05) is 0 Å². The number of rotatable bonds is 2. The fourth-order valence-corrected chi connectivity index (χ4v) is 1.92. The fraction of sp³-hybridized carbons (Fsp3) is 0.417. The monoisotopic (exact) mass is 174 g/mol. The van der Waals surface area contributed by atoms with Gasteiger partial charge in [-0.05, 0) is 31.2 Å². The zero-order chi connectivity index (χ0) is 9.26. The van der Waals surface area contributed by atoms with Crippen LogP contribution in [0.4, 0.5) is 0 Å². The van der Waals surface area contributed by atoms with Gasteiger partial charge in [-0.3, -0.25) is 0 Å². The molecular formula is C12H14O. The van der Waals surface area contributed by atoms with E-state index in [-0.39, 0.29) is 5.92 Å². The van der Waals surface area contributed by atoms with Crippen molar-refractivity contribution in [1.29, 1.82) is 0 Å². The molecule has 1 fully saturated rings. The summed E-state index contributed by atoms with van der Waals surface area (Å²) in [6.45, 7) is 2.09. The highest BCUT2D eigenvalue weighted by molar-refractivity contribution is 5.58. The molecule has 2 unspecified atom stereocenters. The Morgan fingerprint density at radius 2 is 1.92 bits per heavy atom. The molecule has 1 saturated carbocycles. The Morgan fingerprint density at radius 1 is 1.23 bits per heavy atom. The molecule has 0 N–H and O–H groups in total. The molecule has 0 heterocycles. The van der Waals surface area contributed by atoms with E-state index in [1.165, 1.54) is 17.5 Å². The second kappa shape index (κ2) is 3.33. The number of hydrogen-bond donors (Lipinski definition) is 0. The molecular weight excluding hydrogens is 160 g/mol. The van der Waals surface area contributed by atoms with Crippen LogP contribution < -0.4 is 0 Å². The molecule has 1 nitrogen and oxygen atoms in total. The van der Waals surface area contributed by atoms with E-state index >= 15 is 0 Å². The summed E-state index contributed by atoms with van der Waals surface area (Å²) in [6, 6.07) is 8.54. The van der Waals surface area contributed by atoms with Crippen LogP contribution in [0.2, 0.25) is 0 Å². The smallest absolute Gasteiger partial charge is 0.123 e. The first-order valence-electron chi connectivity index (χ1n) is 4.83. The van der Waals surface area contributed by atoms with Crippen LogP contribution in [0.3, 0.4) is 0 Å². The van der Waals surface area contributed by atoms with Crippen molar-refractivity contribution in [3.8, 4) is 0 Å². The van der Waals surface area contributed by atoms with E-state index in [2.05, 4.69) is 31.2 Å². The molecule has 1 aliphatic carbocycles. The highest BCUT2D eigenvalue weighted by atomic mass is 16.1. The minimum Gasteiger partial charge on any atom is -0.303 e. The van der Waals surface area contributed by atoms with E-state index in [0.717, 1.165) is 12.7 Å². The maximum atomic E-state index is 10.6. The topological polar surface area (TPSA) is 17.1 Å². The lowest BCUT2D eigenvalue weighted by molar-refractivity contribution is -0.113. The van der Waals surface area contributed by atoms with Crippen molar-refractivity contribution in [3.63, 3.8) is 0 Å². The van der Waals surface area contributed by atoms with Gasteiger partial charge in [0.15, 0.2) is 0 Å². The Hall–Kier alpha value is -1.11. The Kier molecular flexibility index (Phi) is 2.17. The summed E-state index contributed by atoms with van der Waals surface area (Å²) in [5.41, 5.74) is 2.61. The second-order valence-electron chi connectivity index (χ2n) is 3.89. The standard InChI is InChI=1S/C12H14O/c1-9-2-4-10(5-3-9)12-7-6-11(12)8-13/h2-5,8,11-12H,6-7H2,1H3. The van der Waals surface area contributed by atoms with Crippen molar-refractivity contribution >= 4 is 6.29 Å². The summed E-state index contributed by atoms with van der Waals surface area (Å²) in [6.07, 6.45) is 3.35. The van der Waals surface area contributed by atoms with E-state index in [1.54, 1.807) is 0 Å². The molecule has 1 aromatic carbocycles. The second-order valence-corrected chi connectivity index (χ2v) is 3.89. The molecule has 68 valence electrons. The highest BCUT2D eigenvalue weighted by Gasteiger charge is 2.31. The molecule has 0 radical (unpaired) electrons. The Balaban J connectivity index is 2.17. The number of carbonyl (C=O) groups is 1. The number of benzene rings is 1. The molecule has 0 saturated heterocycles. The van der Waals surface area contributed by atoms with E-state index < -0.39 is 0 Å². The summed E-state index contributed by atoms with van der Waals surface area (Å²) in [5.74, 6) is 0.779. The van der Waals surface area contributed by atoms with Crippen molar-refractivity contribution in [3.05, 3.63) is 35.4 Å². The molecule has 2 atom stereocenters. The molecule has 0 amide bonds. The van der Waals surface area contributed by atoms with Gasteiger partial charge in [-0.15, -0.1) is 0 Å². The van der Waals surface area contributed by atoms with E-state index in [1.807, 2.05) is 0 Å². The molecule has 1 heteroatoms. The maximum absolute atomic E-state index is 10.6. The van der Waals surface area contributed by atoms with Gasteiger partial charge in [0.2, 0.25) is 0 Å². The fourth-order valence-electron chi connectivity index (χ4n) is 1.92. The maximum Gasteiger partial charge on any atom is 0.123 e. The average Bonchev–Trinajstić information content (AvgIpc) is 2.08. The van der Waals surface area contributed by atoms with E-state index in [9.17, 15) is 4.79 Å². The number of hydrogen-bond acceptors (Lipinski definition) is 1. The Labute approximate surface area is 78.8 Å². The Morgan fingerprint density at radius 3 is 2.38 bits per heavy atom. The van der Waals surface area contributed by atoms with Gasteiger partial charge in [0.25, 0.3) is 0 Å². The molecule has 1 aromatic rings. The van der Waals surface area contributed by atoms with Crippen LogP contribution in [0.25, 0.3) is 0 Å². The van der Waals surface area contributed by atoms with Crippen molar-refractivity contribution in [2.45, 2.75) is 25.7 Å². The van der Waals surface area contributed by atoms with Crippen LogP contribution in [0, 0.1) is 12.8 Å². The summed E-state index contributed by atoms with van der Waals surface area (Å²) in [7, 11) is 0. The molecule has 13 heavy (non-hydrogen) atoms. The number of carbonyl (C=O) groups excluding carboxylic acids is 1. The van der Waals surface area contributed by atoms with Crippen LogP contribution in [-0.2, 0) is 4.79 Å². The predicted molar refractivity (Wildman–Crippen MR) is 52.7 cm³/mol. The van der Waals surface area contributed by atoms with Crippen molar-refractivity contribution < 1.29 is 4.79 Å². The zero-order valence-corrected chi connectivity index (χ0v) is 7.86. The SMILES string of the molecule is Cc1ccc(C2CCC2C=O)cc1. The first-order chi connectivity index (χ1) is 6.31. The van der Waals surface area contributed by atoms with Gasteiger partial charge >= 0.3 is 0 Å². The number of aryl methyl sites for hydroxylation is 1. The van der Waals surface area contributed by atoms with Gasteiger partial charge in [-0.2, -0.15) is 0 Å². The van der Waals surface area contributed by atoms with Gasteiger partial charge in [0, 0.05) is 5.92 Å².